The van der Waals surface area contributed by atoms with Gasteiger partial charge < -0.3 is 31.4 Å². The fourth-order valence-electron chi connectivity index (χ4n) is 12.0. The summed E-state index contributed by atoms with van der Waals surface area (Å²) < 4.78 is 0. The van der Waals surface area contributed by atoms with Gasteiger partial charge in [0.15, 0.2) is 0 Å². The van der Waals surface area contributed by atoms with E-state index < -0.39 is 6.04 Å². The van der Waals surface area contributed by atoms with Crippen LogP contribution in [0.2, 0.25) is 0 Å². The first kappa shape index (κ1) is 92.6. The van der Waals surface area contributed by atoms with E-state index in [4.69, 9.17) is 0 Å². The second-order valence-corrected chi connectivity index (χ2v) is 31.1. The molecule has 27 nitrogen and oxygen atoms in total. The van der Waals surface area contributed by atoms with Crippen molar-refractivity contribution >= 4 is 130 Å². The highest BCUT2D eigenvalue weighted by Crippen LogP contribution is 2.28. The minimum Gasteiger partial charge on any atom is -0.354 e. The lowest BCUT2D eigenvalue weighted by molar-refractivity contribution is -0.141. The summed E-state index contributed by atoms with van der Waals surface area (Å²) in [7, 11) is 0. The lowest BCUT2D eigenvalue weighted by Gasteiger charge is -2.25. The first-order valence-electron chi connectivity index (χ1n) is 37.0. The molecule has 30 heteroatoms. The number of carbonyl (C=O) groups excluding carboxylic acids is 16. The Hall–Kier alpha value is -6.53. The van der Waals surface area contributed by atoms with E-state index in [9.17, 15) is 76.7 Å². The molecule has 0 radical (unpaired) electrons. The molecule has 0 saturated carbocycles. The molecule has 0 aromatic carbocycles. The van der Waals surface area contributed by atoms with Gasteiger partial charge in [-0.15, -0.1) is 0 Å². The summed E-state index contributed by atoms with van der Waals surface area (Å²) in [5.41, 5.74) is 0. The largest absolute Gasteiger partial charge is 0.354 e. The molecule has 6 heterocycles. The maximum Gasteiger partial charge on any atom is 0.253 e. The maximum absolute atomic E-state index is 12.5. The molecule has 0 spiro atoms. The summed E-state index contributed by atoms with van der Waals surface area (Å²) in [6.07, 6.45) is 26.2. The SMILES string of the molecule is CC(C)NC(=O)CCCCCN1C(=O)C=CC1=O.CC(C)NC(=O)CCCCCN1C(=O)CC(N2CCC[C@H]2C=O)C1=O.CSC1CC(=O)N(CCCCCC(=O)NC(C)C)C1=O.CSC1CC(=O)N(CCCCCC(=O)NC(C)C)C1=O.CSC1CC(=O)N(CCCCCC(=O)NC(C)C)C1=O. The van der Waals surface area contributed by atoms with E-state index in [1.807, 2.05) is 92.9 Å². The van der Waals surface area contributed by atoms with E-state index in [-0.39, 0.29) is 147 Å². The van der Waals surface area contributed by atoms with Gasteiger partial charge in [0.2, 0.25) is 76.8 Å². The predicted molar refractivity (Wildman–Crippen MR) is 401 cm³/mol. The van der Waals surface area contributed by atoms with Crippen molar-refractivity contribution in [1.29, 1.82) is 0 Å². The lowest BCUT2D eigenvalue weighted by Crippen LogP contribution is -2.45. The molecule has 0 aliphatic carbocycles. The zero-order chi connectivity index (χ0) is 77.3. The zero-order valence-corrected chi connectivity index (χ0v) is 66.0. The van der Waals surface area contributed by atoms with Gasteiger partial charge in [0.05, 0.1) is 34.3 Å². The molecular formula is C73H121N11O16S3. The summed E-state index contributed by atoms with van der Waals surface area (Å²) in [6, 6.07) is 0.124. The first-order valence-corrected chi connectivity index (χ1v) is 40.8. The van der Waals surface area contributed by atoms with Crippen molar-refractivity contribution in [2.45, 2.75) is 294 Å². The van der Waals surface area contributed by atoms with Crippen LogP contribution >= 0.6 is 35.3 Å². The second kappa shape index (κ2) is 50.8. The van der Waals surface area contributed by atoms with Gasteiger partial charge in [0.1, 0.15) is 6.29 Å². The smallest absolute Gasteiger partial charge is 0.253 e. The number of amides is 15. The number of nitrogens with zero attached hydrogens (tertiary/aromatic N) is 6. The molecule has 6 aliphatic rings. The number of thioether (sulfide) groups is 3. The Morgan fingerprint density at radius 3 is 0.874 bits per heavy atom. The minimum absolute atomic E-state index is 0.0392. The molecule has 0 aromatic heterocycles. The van der Waals surface area contributed by atoms with E-state index in [1.54, 1.807) is 0 Å². The van der Waals surface area contributed by atoms with Crippen LogP contribution in [-0.4, -0.2) is 240 Å². The van der Waals surface area contributed by atoms with E-state index in [0.29, 0.717) is 97.1 Å². The highest BCUT2D eigenvalue weighted by molar-refractivity contribution is 8.00. The van der Waals surface area contributed by atoms with Crippen LogP contribution in [0.25, 0.3) is 0 Å². The van der Waals surface area contributed by atoms with Gasteiger partial charge in [-0.05, 0) is 172 Å². The average Bonchev–Trinajstić information content (AvgIpc) is 1.66. The highest BCUT2D eigenvalue weighted by Gasteiger charge is 2.45. The molecule has 6 aliphatic heterocycles. The van der Waals surface area contributed by atoms with Crippen molar-refractivity contribution in [3.05, 3.63) is 12.2 Å². The van der Waals surface area contributed by atoms with E-state index in [0.717, 1.165) is 109 Å². The molecule has 5 atom stereocenters. The van der Waals surface area contributed by atoms with Crippen LogP contribution in [0.5, 0.6) is 0 Å². The third-order valence-electron chi connectivity index (χ3n) is 17.2. The molecular weight excluding hydrogens is 1380 g/mol. The number of hydrogen-bond donors (Lipinski definition) is 5. The van der Waals surface area contributed by atoms with Crippen LogP contribution in [0.3, 0.4) is 0 Å². The Balaban J connectivity index is 0.000000440. The summed E-state index contributed by atoms with van der Waals surface area (Å²) in [5, 5.41) is 13.6. The van der Waals surface area contributed by atoms with Gasteiger partial charge in [-0.1, -0.05) is 32.1 Å². The van der Waals surface area contributed by atoms with E-state index in [1.165, 1.54) is 71.9 Å². The number of nitrogens with one attached hydrogen (secondary N) is 5. The topological polar surface area (TPSA) is 353 Å². The van der Waals surface area contributed by atoms with Gasteiger partial charge in [-0.2, -0.15) is 35.3 Å². The van der Waals surface area contributed by atoms with Gasteiger partial charge in [-0.25, -0.2) is 0 Å². The quantitative estimate of drug-likeness (QED) is 0.0247. The number of aldehydes is 1. The minimum atomic E-state index is -0.470. The molecule has 4 unspecified atom stereocenters. The Bertz CT molecular complexity index is 2670. The van der Waals surface area contributed by atoms with Crippen LogP contribution < -0.4 is 26.6 Å². The standard InChI is InChI=1S/C18H29N3O4.3C14H24N2O3S.C13H20N2O3/c1-13(2)19-16(23)8-4-3-5-9-21-17(24)11-15(18(21)25)20-10-6-7-14(20)12-22;3*1-10(2)15-12(17)7-5-4-6-8-16-13(18)9-11(20-3)14(16)19;1-10(2)14-11(16)6-4-3-5-9-15-12(17)7-8-13(15)18/h12-15H,3-11H2,1-2H3,(H,19,23);3*10-11H,4-9H2,1-3H3,(H,15,17);7-8,10H,3-6,9H2,1-2H3,(H,14,16)/t14-,15?;;;;/m0..../s1. The molecule has 0 bridgehead atoms. The van der Waals surface area contributed by atoms with Crippen molar-refractivity contribution < 1.29 is 76.7 Å². The van der Waals surface area contributed by atoms with E-state index in [2.05, 4.69) is 26.6 Å². The van der Waals surface area contributed by atoms with E-state index >= 15 is 0 Å². The summed E-state index contributed by atoms with van der Waals surface area (Å²) in [4.78, 5) is 195. The molecule has 15 amide bonds. The number of hydrogen-bond acceptors (Lipinski definition) is 20. The Kier molecular flexibility index (Phi) is 45.7. The summed E-state index contributed by atoms with van der Waals surface area (Å²) in [5.74, 6) is -0.860. The lowest BCUT2D eigenvalue weighted by atomic mass is 10.1. The van der Waals surface area contributed by atoms with Gasteiger partial charge in [-0.3, -0.25) is 101 Å². The van der Waals surface area contributed by atoms with Crippen molar-refractivity contribution in [3.63, 3.8) is 0 Å². The molecule has 0 aromatic rings. The van der Waals surface area contributed by atoms with Crippen molar-refractivity contribution in [1.82, 2.24) is 56.0 Å². The van der Waals surface area contributed by atoms with Crippen molar-refractivity contribution in [3.8, 4) is 0 Å². The van der Waals surface area contributed by atoms with Crippen molar-refractivity contribution in [2.24, 2.45) is 0 Å². The summed E-state index contributed by atoms with van der Waals surface area (Å²) >= 11 is 4.31. The van der Waals surface area contributed by atoms with Gasteiger partial charge in [0.25, 0.3) is 11.8 Å². The average molecular weight is 1510 g/mol. The second-order valence-electron chi connectivity index (χ2n) is 27.9. The van der Waals surface area contributed by atoms with Crippen LogP contribution in [0.1, 0.15) is 236 Å². The van der Waals surface area contributed by atoms with Crippen LogP contribution in [0.4, 0.5) is 0 Å². The third kappa shape index (κ3) is 35.9. The number of rotatable bonds is 40. The number of likely N-dealkylation sites (tertiary alicyclic amines) is 5. The highest BCUT2D eigenvalue weighted by atomic mass is 32.2. The monoisotopic (exact) mass is 1500 g/mol. The van der Waals surface area contributed by atoms with Crippen LogP contribution in [-0.2, 0) is 76.7 Å². The molecule has 6 rings (SSSR count). The fraction of sp³-hybridized carbons (Fsp3) is 0.753. The normalized spacial score (nSPS) is 19.6. The molecule has 5 N–H and O–H groups in total. The molecule has 103 heavy (non-hydrogen) atoms. The van der Waals surface area contributed by atoms with Gasteiger partial charge in [0, 0.05) is 126 Å². The maximum atomic E-state index is 12.5. The predicted octanol–water partition coefficient (Wildman–Crippen LogP) is 6.54. The fourth-order valence-corrected chi connectivity index (χ4v) is 13.9. The zero-order valence-electron chi connectivity index (χ0n) is 63.6. The number of unbranched alkanes of at least 4 members (excludes halogenated alkanes) is 10. The van der Waals surface area contributed by atoms with Crippen LogP contribution in [0, 0.1) is 0 Å². The molecule has 5 saturated heterocycles. The molecule has 5 fully saturated rings. The molecule has 582 valence electrons. The Morgan fingerprint density at radius 2 is 0.631 bits per heavy atom. The number of carbonyl (C=O) groups is 16. The summed E-state index contributed by atoms with van der Waals surface area (Å²) in [6.45, 7) is 22.3. The van der Waals surface area contributed by atoms with Crippen molar-refractivity contribution in [2.75, 3.05) is 58.0 Å². The van der Waals surface area contributed by atoms with Gasteiger partial charge >= 0.3 is 0 Å². The first-order chi connectivity index (χ1) is 48.8. The third-order valence-corrected chi connectivity index (χ3v) is 20.0. The Morgan fingerprint density at radius 1 is 0.379 bits per heavy atom. The van der Waals surface area contributed by atoms with Crippen LogP contribution in [0.15, 0.2) is 12.2 Å². The number of imide groups is 5. The Labute approximate surface area is 624 Å².